The Balaban J connectivity index is 1.47. The van der Waals surface area contributed by atoms with Gasteiger partial charge in [-0.1, -0.05) is 6.07 Å². The molecule has 0 aliphatic carbocycles. The Hall–Kier alpha value is -2.05. The molecular weight excluding hydrogens is 320 g/mol. The van der Waals surface area contributed by atoms with Crippen LogP contribution in [0.25, 0.3) is 22.1 Å². The molecule has 5 nitrogen and oxygen atoms in total. The summed E-state index contributed by atoms with van der Waals surface area (Å²) in [6, 6.07) is 4.04. The lowest BCUT2D eigenvalue weighted by atomic mass is 10.1. The van der Waals surface area contributed by atoms with Crippen LogP contribution in [0.15, 0.2) is 42.3 Å². The average molecular weight is 340 g/mol. The molecule has 1 aliphatic rings. The van der Waals surface area contributed by atoms with Gasteiger partial charge in [0.15, 0.2) is 5.82 Å². The highest BCUT2D eigenvalue weighted by molar-refractivity contribution is 7.13. The van der Waals surface area contributed by atoms with Crippen molar-refractivity contribution < 1.29 is 4.74 Å². The highest BCUT2D eigenvalue weighted by atomic mass is 32.1. The maximum Gasteiger partial charge on any atom is 0.169 e. The predicted octanol–water partition coefficient (Wildman–Crippen LogP) is 4.03. The van der Waals surface area contributed by atoms with E-state index in [0.29, 0.717) is 6.10 Å². The smallest absolute Gasteiger partial charge is 0.169 e. The maximum atomic E-state index is 5.82. The fourth-order valence-electron chi connectivity index (χ4n) is 3.04. The SMILES string of the molecule is c1csc(-c2ncc(-c3nccn3CCC3CCCCO3)cn2)c1. The minimum Gasteiger partial charge on any atom is -0.378 e. The van der Waals surface area contributed by atoms with Crippen LogP contribution in [0.1, 0.15) is 25.7 Å². The first-order chi connectivity index (χ1) is 11.9. The third-order valence-electron chi connectivity index (χ3n) is 4.33. The minimum absolute atomic E-state index is 0.381. The summed E-state index contributed by atoms with van der Waals surface area (Å²) in [4.78, 5) is 14.5. The molecular formula is C18H20N4OS. The lowest BCUT2D eigenvalue weighted by Gasteiger charge is -2.22. The second kappa shape index (κ2) is 7.23. The van der Waals surface area contributed by atoms with E-state index in [4.69, 9.17) is 4.74 Å². The van der Waals surface area contributed by atoms with E-state index in [2.05, 4.69) is 19.5 Å². The van der Waals surface area contributed by atoms with Gasteiger partial charge in [-0.15, -0.1) is 11.3 Å². The maximum absolute atomic E-state index is 5.82. The normalized spacial score (nSPS) is 17.9. The van der Waals surface area contributed by atoms with E-state index in [1.807, 2.05) is 42.3 Å². The lowest BCUT2D eigenvalue weighted by molar-refractivity contribution is 0.00887. The van der Waals surface area contributed by atoms with Crippen molar-refractivity contribution in [1.82, 2.24) is 19.5 Å². The van der Waals surface area contributed by atoms with E-state index < -0.39 is 0 Å². The van der Waals surface area contributed by atoms with Gasteiger partial charge in [-0.3, -0.25) is 0 Å². The Morgan fingerprint density at radius 3 is 2.88 bits per heavy atom. The summed E-state index contributed by atoms with van der Waals surface area (Å²) in [5.41, 5.74) is 0.949. The summed E-state index contributed by atoms with van der Waals surface area (Å²) in [5, 5.41) is 2.03. The summed E-state index contributed by atoms with van der Waals surface area (Å²) in [7, 11) is 0. The fourth-order valence-corrected chi connectivity index (χ4v) is 3.72. The van der Waals surface area contributed by atoms with Crippen LogP contribution in [0, 0.1) is 0 Å². The van der Waals surface area contributed by atoms with E-state index in [-0.39, 0.29) is 0 Å². The van der Waals surface area contributed by atoms with Crippen LogP contribution >= 0.6 is 11.3 Å². The van der Waals surface area contributed by atoms with Gasteiger partial charge in [0.1, 0.15) is 5.82 Å². The Bertz CT molecular complexity index is 761. The molecule has 0 bridgehead atoms. The number of hydrogen-bond donors (Lipinski definition) is 0. The summed E-state index contributed by atoms with van der Waals surface area (Å²) < 4.78 is 7.99. The molecule has 6 heteroatoms. The molecule has 3 aromatic rings. The first-order valence-electron chi connectivity index (χ1n) is 8.39. The molecule has 1 fully saturated rings. The molecule has 124 valence electrons. The Morgan fingerprint density at radius 1 is 1.21 bits per heavy atom. The molecule has 4 rings (SSSR count). The third kappa shape index (κ3) is 3.39. The van der Waals surface area contributed by atoms with Gasteiger partial charge in [0.25, 0.3) is 0 Å². The van der Waals surface area contributed by atoms with Crippen molar-refractivity contribution >= 4 is 11.3 Å². The van der Waals surface area contributed by atoms with Crippen LogP contribution in [0.4, 0.5) is 0 Å². The summed E-state index contributed by atoms with van der Waals surface area (Å²) in [6.07, 6.45) is 12.6. The van der Waals surface area contributed by atoms with Gasteiger partial charge in [-0.2, -0.15) is 0 Å². The van der Waals surface area contributed by atoms with Crippen molar-refractivity contribution in [3.63, 3.8) is 0 Å². The minimum atomic E-state index is 0.381. The van der Waals surface area contributed by atoms with E-state index >= 15 is 0 Å². The van der Waals surface area contributed by atoms with Crippen LogP contribution in [-0.2, 0) is 11.3 Å². The number of thiophene rings is 1. The second-order valence-corrected chi connectivity index (χ2v) is 6.94. The van der Waals surface area contributed by atoms with Crippen molar-refractivity contribution in [3.8, 4) is 22.1 Å². The number of aromatic nitrogens is 4. The zero-order valence-corrected chi connectivity index (χ0v) is 14.3. The molecule has 3 aromatic heterocycles. The molecule has 0 aromatic carbocycles. The average Bonchev–Trinajstić information content (AvgIpc) is 3.33. The van der Waals surface area contributed by atoms with Crippen molar-refractivity contribution in [3.05, 3.63) is 42.3 Å². The number of hydrogen-bond acceptors (Lipinski definition) is 5. The zero-order valence-electron chi connectivity index (χ0n) is 13.5. The highest BCUT2D eigenvalue weighted by Crippen LogP contribution is 2.23. The van der Waals surface area contributed by atoms with Crippen molar-refractivity contribution in [1.29, 1.82) is 0 Å². The van der Waals surface area contributed by atoms with Crippen LogP contribution in [0.3, 0.4) is 0 Å². The van der Waals surface area contributed by atoms with Gasteiger partial charge < -0.3 is 9.30 Å². The predicted molar refractivity (Wildman–Crippen MR) is 94.8 cm³/mol. The molecule has 0 saturated carbocycles. The molecule has 1 aliphatic heterocycles. The Morgan fingerprint density at radius 2 is 2.12 bits per heavy atom. The quantitative estimate of drug-likeness (QED) is 0.704. The number of nitrogens with zero attached hydrogens (tertiary/aromatic N) is 4. The van der Waals surface area contributed by atoms with Crippen LogP contribution < -0.4 is 0 Å². The third-order valence-corrected chi connectivity index (χ3v) is 5.20. The topological polar surface area (TPSA) is 52.8 Å². The standard InChI is InChI=1S/C18H20N4OS/c1-2-10-23-15(4-1)6-8-22-9-7-19-18(22)14-12-20-17(21-13-14)16-5-3-11-24-16/h3,5,7,9,11-13,15H,1-2,4,6,8,10H2. The van der Waals surface area contributed by atoms with Crippen molar-refractivity contribution in [2.24, 2.45) is 0 Å². The van der Waals surface area contributed by atoms with Gasteiger partial charge in [-0.05, 0) is 37.1 Å². The van der Waals surface area contributed by atoms with E-state index in [9.17, 15) is 0 Å². The molecule has 1 saturated heterocycles. The van der Waals surface area contributed by atoms with E-state index in [1.165, 1.54) is 19.3 Å². The molecule has 1 unspecified atom stereocenters. The van der Waals surface area contributed by atoms with E-state index in [1.54, 1.807) is 11.3 Å². The second-order valence-electron chi connectivity index (χ2n) is 5.99. The Kier molecular flexibility index (Phi) is 4.66. The van der Waals surface area contributed by atoms with Gasteiger partial charge in [0.2, 0.25) is 0 Å². The largest absolute Gasteiger partial charge is 0.378 e. The van der Waals surface area contributed by atoms with Crippen molar-refractivity contribution in [2.45, 2.75) is 38.3 Å². The fraction of sp³-hybridized carbons (Fsp3) is 0.389. The van der Waals surface area contributed by atoms with Gasteiger partial charge in [-0.25, -0.2) is 15.0 Å². The number of ether oxygens (including phenoxy) is 1. The molecule has 24 heavy (non-hydrogen) atoms. The summed E-state index contributed by atoms with van der Waals surface area (Å²) in [5.74, 6) is 1.69. The number of aryl methyl sites for hydroxylation is 1. The van der Waals surface area contributed by atoms with Gasteiger partial charge in [0.05, 0.1) is 16.5 Å². The molecule has 4 heterocycles. The number of rotatable bonds is 5. The van der Waals surface area contributed by atoms with Gasteiger partial charge in [0, 0.05) is 37.9 Å². The summed E-state index contributed by atoms with van der Waals surface area (Å²) in [6.45, 7) is 1.81. The summed E-state index contributed by atoms with van der Waals surface area (Å²) >= 11 is 1.65. The zero-order chi connectivity index (χ0) is 16.2. The molecule has 0 radical (unpaired) electrons. The lowest BCUT2D eigenvalue weighted by Crippen LogP contribution is -2.20. The molecule has 0 spiro atoms. The van der Waals surface area contributed by atoms with Gasteiger partial charge >= 0.3 is 0 Å². The van der Waals surface area contributed by atoms with Crippen LogP contribution in [-0.4, -0.2) is 32.2 Å². The first-order valence-corrected chi connectivity index (χ1v) is 9.27. The molecule has 0 amide bonds. The molecule has 0 N–H and O–H groups in total. The highest BCUT2D eigenvalue weighted by Gasteiger charge is 2.15. The van der Waals surface area contributed by atoms with E-state index in [0.717, 1.165) is 41.7 Å². The Labute approximate surface area is 145 Å². The van der Waals surface area contributed by atoms with Crippen LogP contribution in [0.2, 0.25) is 0 Å². The monoisotopic (exact) mass is 340 g/mol. The van der Waals surface area contributed by atoms with Crippen molar-refractivity contribution in [2.75, 3.05) is 6.61 Å². The first kappa shape index (κ1) is 15.5. The number of imidazole rings is 1. The molecule has 1 atom stereocenters. The van der Waals surface area contributed by atoms with Crippen LogP contribution in [0.5, 0.6) is 0 Å².